The number of likely N-dealkylation sites (N-methyl/N-ethyl adjacent to an activating group) is 1. The predicted molar refractivity (Wildman–Crippen MR) is 89.0 cm³/mol. The van der Waals surface area contributed by atoms with E-state index in [9.17, 15) is 13.2 Å². The minimum absolute atomic E-state index is 0.0783. The summed E-state index contributed by atoms with van der Waals surface area (Å²) in [6.07, 6.45) is 0. The fraction of sp³-hybridized carbons (Fsp3) is 0.929. The average Bonchev–Trinajstić information content (AvgIpc) is 2.54. The van der Waals surface area contributed by atoms with Crippen molar-refractivity contribution in [3.63, 3.8) is 0 Å². The topological polar surface area (TPSA) is 90.2 Å². The van der Waals surface area contributed by atoms with Gasteiger partial charge in [-0.2, -0.15) is 17.0 Å². The van der Waals surface area contributed by atoms with E-state index < -0.39 is 16.3 Å². The Morgan fingerprint density at radius 1 is 0.913 bits per heavy atom. The third-order valence-corrected chi connectivity index (χ3v) is 6.70. The van der Waals surface area contributed by atoms with Gasteiger partial charge in [0, 0.05) is 52.4 Å². The van der Waals surface area contributed by atoms with Gasteiger partial charge in [0.1, 0.15) is 0 Å². The van der Waals surface area contributed by atoms with E-state index in [1.54, 1.807) is 9.21 Å². The lowest BCUT2D eigenvalue weighted by molar-refractivity contribution is -0.134. The van der Waals surface area contributed by atoms with E-state index in [1.165, 1.54) is 4.31 Å². The SMILES string of the molecule is CC(C)[C@H](N)C(=O)N1CCN(S(=O)(=O)N2CCN(C)CC2)CC1. The maximum atomic E-state index is 12.7. The summed E-state index contributed by atoms with van der Waals surface area (Å²) in [5.41, 5.74) is 5.91. The summed E-state index contributed by atoms with van der Waals surface area (Å²) in [6.45, 7) is 7.87. The van der Waals surface area contributed by atoms with Crippen LogP contribution in [0.15, 0.2) is 0 Å². The summed E-state index contributed by atoms with van der Waals surface area (Å²) in [5.74, 6) is -0.00810. The van der Waals surface area contributed by atoms with Crippen molar-refractivity contribution >= 4 is 16.1 Å². The molecule has 0 spiro atoms. The molecule has 2 aliphatic heterocycles. The van der Waals surface area contributed by atoms with Gasteiger partial charge in [0.2, 0.25) is 5.91 Å². The van der Waals surface area contributed by atoms with Gasteiger partial charge in [-0.1, -0.05) is 13.8 Å². The van der Waals surface area contributed by atoms with Crippen molar-refractivity contribution in [3.05, 3.63) is 0 Å². The third kappa shape index (κ3) is 4.21. The number of nitrogens with two attached hydrogens (primary N) is 1. The zero-order chi connectivity index (χ0) is 17.2. The molecule has 2 aliphatic rings. The highest BCUT2D eigenvalue weighted by molar-refractivity contribution is 7.86. The van der Waals surface area contributed by atoms with E-state index in [0.717, 1.165) is 13.1 Å². The van der Waals surface area contributed by atoms with Gasteiger partial charge in [-0.3, -0.25) is 4.79 Å². The molecule has 2 fully saturated rings. The van der Waals surface area contributed by atoms with Crippen LogP contribution in [0.1, 0.15) is 13.8 Å². The Bertz CT molecular complexity index is 509. The van der Waals surface area contributed by atoms with Crippen molar-refractivity contribution in [1.29, 1.82) is 0 Å². The molecule has 2 saturated heterocycles. The van der Waals surface area contributed by atoms with E-state index >= 15 is 0 Å². The molecular formula is C14H29N5O3S. The van der Waals surface area contributed by atoms with Gasteiger partial charge >= 0.3 is 0 Å². The summed E-state index contributed by atoms with van der Waals surface area (Å²) in [4.78, 5) is 16.1. The molecule has 0 aromatic carbocycles. The van der Waals surface area contributed by atoms with Crippen LogP contribution in [0, 0.1) is 5.92 Å². The van der Waals surface area contributed by atoms with E-state index in [2.05, 4.69) is 4.90 Å². The van der Waals surface area contributed by atoms with Crippen LogP contribution in [0.5, 0.6) is 0 Å². The first-order chi connectivity index (χ1) is 10.7. The number of hydrogen-bond acceptors (Lipinski definition) is 5. The second-order valence-corrected chi connectivity index (χ2v) is 8.63. The van der Waals surface area contributed by atoms with Crippen LogP contribution in [0.3, 0.4) is 0 Å². The van der Waals surface area contributed by atoms with Gasteiger partial charge in [-0.15, -0.1) is 0 Å². The second-order valence-electron chi connectivity index (χ2n) is 6.70. The molecule has 2 heterocycles. The molecule has 0 unspecified atom stereocenters. The molecular weight excluding hydrogens is 318 g/mol. The molecule has 23 heavy (non-hydrogen) atoms. The number of hydrogen-bond donors (Lipinski definition) is 1. The van der Waals surface area contributed by atoms with Crippen molar-refractivity contribution in [3.8, 4) is 0 Å². The summed E-state index contributed by atoms with van der Waals surface area (Å²) < 4.78 is 28.4. The number of carbonyl (C=O) groups excluding carboxylic acids is 1. The minimum Gasteiger partial charge on any atom is -0.339 e. The molecule has 0 bridgehead atoms. The molecule has 1 atom stereocenters. The van der Waals surface area contributed by atoms with Gasteiger partial charge in [-0.25, -0.2) is 0 Å². The summed E-state index contributed by atoms with van der Waals surface area (Å²) in [7, 11) is -1.43. The quantitative estimate of drug-likeness (QED) is 0.676. The van der Waals surface area contributed by atoms with Crippen molar-refractivity contribution in [2.45, 2.75) is 19.9 Å². The normalized spacial score (nSPS) is 24.1. The van der Waals surface area contributed by atoms with Crippen molar-refractivity contribution in [1.82, 2.24) is 18.4 Å². The van der Waals surface area contributed by atoms with Crippen molar-refractivity contribution in [2.24, 2.45) is 11.7 Å². The minimum atomic E-state index is -3.42. The first-order valence-electron chi connectivity index (χ1n) is 8.21. The monoisotopic (exact) mass is 347 g/mol. The van der Waals surface area contributed by atoms with Crippen LogP contribution in [0.2, 0.25) is 0 Å². The largest absolute Gasteiger partial charge is 0.339 e. The van der Waals surface area contributed by atoms with Gasteiger partial charge < -0.3 is 15.5 Å². The Labute approximate surface area is 139 Å². The zero-order valence-electron chi connectivity index (χ0n) is 14.3. The second kappa shape index (κ2) is 7.43. The highest BCUT2D eigenvalue weighted by atomic mass is 32.2. The van der Waals surface area contributed by atoms with E-state index in [4.69, 9.17) is 5.73 Å². The first-order valence-corrected chi connectivity index (χ1v) is 9.61. The maximum Gasteiger partial charge on any atom is 0.282 e. The molecule has 8 nitrogen and oxygen atoms in total. The van der Waals surface area contributed by atoms with Crippen LogP contribution in [0.4, 0.5) is 0 Å². The predicted octanol–water partition coefficient (Wildman–Crippen LogP) is -1.39. The lowest BCUT2D eigenvalue weighted by atomic mass is 10.0. The van der Waals surface area contributed by atoms with E-state index in [1.807, 2.05) is 20.9 Å². The van der Waals surface area contributed by atoms with Gasteiger partial charge in [-0.05, 0) is 13.0 Å². The smallest absolute Gasteiger partial charge is 0.282 e. The molecule has 0 saturated carbocycles. The fourth-order valence-electron chi connectivity index (χ4n) is 2.82. The van der Waals surface area contributed by atoms with Gasteiger partial charge in [0.15, 0.2) is 0 Å². The van der Waals surface area contributed by atoms with Crippen LogP contribution >= 0.6 is 0 Å². The molecule has 0 radical (unpaired) electrons. The molecule has 1 amide bonds. The molecule has 134 valence electrons. The molecule has 2 rings (SSSR count). The average molecular weight is 347 g/mol. The molecule has 2 N–H and O–H groups in total. The highest BCUT2D eigenvalue weighted by Crippen LogP contribution is 2.15. The van der Waals surface area contributed by atoms with Crippen molar-refractivity contribution in [2.75, 3.05) is 59.4 Å². The summed E-state index contributed by atoms with van der Waals surface area (Å²) >= 11 is 0. The standard InChI is InChI=1S/C14H29N5O3S/c1-12(2)13(15)14(20)17-6-10-19(11-7-17)23(21,22)18-8-4-16(3)5-9-18/h12-13H,4-11,15H2,1-3H3/t13-/m0/s1. The summed E-state index contributed by atoms with van der Waals surface area (Å²) in [5, 5.41) is 0. The Hall–Kier alpha value is -0.740. The van der Waals surface area contributed by atoms with E-state index in [-0.39, 0.29) is 11.8 Å². The number of carbonyl (C=O) groups is 1. The zero-order valence-corrected chi connectivity index (χ0v) is 15.1. The molecule has 9 heteroatoms. The summed E-state index contributed by atoms with van der Waals surface area (Å²) in [6, 6.07) is -0.518. The van der Waals surface area contributed by atoms with Crippen LogP contribution in [-0.4, -0.2) is 98.2 Å². The van der Waals surface area contributed by atoms with Crippen molar-refractivity contribution < 1.29 is 13.2 Å². The number of rotatable bonds is 4. The Morgan fingerprint density at radius 3 is 1.78 bits per heavy atom. The maximum absolute atomic E-state index is 12.7. The lowest BCUT2D eigenvalue weighted by Crippen LogP contribution is -2.59. The van der Waals surface area contributed by atoms with Gasteiger partial charge in [0.25, 0.3) is 10.2 Å². The molecule has 0 aromatic heterocycles. The van der Waals surface area contributed by atoms with Crippen LogP contribution < -0.4 is 5.73 Å². The Balaban J connectivity index is 1.92. The third-order valence-electron chi connectivity index (χ3n) is 4.67. The number of piperazine rings is 2. The van der Waals surface area contributed by atoms with Gasteiger partial charge in [0.05, 0.1) is 6.04 Å². The number of amides is 1. The Kier molecular flexibility index (Phi) is 6.01. The van der Waals surface area contributed by atoms with Crippen LogP contribution in [-0.2, 0) is 15.0 Å². The Morgan fingerprint density at radius 2 is 1.35 bits per heavy atom. The van der Waals surface area contributed by atoms with Crippen LogP contribution in [0.25, 0.3) is 0 Å². The fourth-order valence-corrected chi connectivity index (χ4v) is 4.39. The highest BCUT2D eigenvalue weighted by Gasteiger charge is 2.35. The number of nitrogens with zero attached hydrogens (tertiary/aromatic N) is 4. The lowest BCUT2D eigenvalue weighted by Gasteiger charge is -2.39. The first kappa shape index (κ1) is 18.6. The van der Waals surface area contributed by atoms with E-state index in [0.29, 0.717) is 39.3 Å². The molecule has 0 aromatic rings. The molecule has 0 aliphatic carbocycles.